The van der Waals surface area contributed by atoms with Crippen molar-refractivity contribution in [1.82, 2.24) is 15.5 Å². The molecule has 1 aromatic heterocycles. The van der Waals surface area contributed by atoms with Crippen LogP contribution < -0.4 is 5.32 Å². The fourth-order valence-electron chi connectivity index (χ4n) is 0.724. The summed E-state index contributed by atoms with van der Waals surface area (Å²) >= 11 is 0. The van der Waals surface area contributed by atoms with Crippen molar-refractivity contribution in [3.8, 4) is 0 Å². The zero-order valence-electron chi connectivity index (χ0n) is 6.20. The average Bonchev–Trinajstić information content (AvgIpc) is 2.05. The van der Waals surface area contributed by atoms with Crippen LogP contribution in [0.4, 0.5) is 0 Å². The van der Waals surface area contributed by atoms with Crippen molar-refractivity contribution in [2.45, 2.75) is 13.0 Å². The monoisotopic (exact) mass is 137 g/mol. The molecule has 0 saturated carbocycles. The average molecular weight is 137 g/mol. The van der Waals surface area contributed by atoms with Crippen LogP contribution in [-0.2, 0) is 0 Å². The highest BCUT2D eigenvalue weighted by atomic mass is 15.1. The molecule has 10 heavy (non-hydrogen) atoms. The van der Waals surface area contributed by atoms with Crippen LogP contribution in [0, 0.1) is 0 Å². The highest BCUT2D eigenvalue weighted by Gasteiger charge is 1.99. The van der Waals surface area contributed by atoms with E-state index >= 15 is 0 Å². The summed E-state index contributed by atoms with van der Waals surface area (Å²) in [7, 11) is 1.92. The van der Waals surface area contributed by atoms with Crippen LogP contribution >= 0.6 is 0 Å². The van der Waals surface area contributed by atoms with Crippen LogP contribution in [0.1, 0.15) is 18.5 Å². The van der Waals surface area contributed by atoms with Crippen molar-refractivity contribution in [2.24, 2.45) is 0 Å². The van der Waals surface area contributed by atoms with Crippen molar-refractivity contribution in [3.05, 3.63) is 24.0 Å². The Hall–Kier alpha value is -0.960. The molecule has 0 spiro atoms. The molecule has 1 unspecified atom stereocenters. The van der Waals surface area contributed by atoms with E-state index in [1.165, 1.54) is 0 Å². The first-order valence-electron chi connectivity index (χ1n) is 3.28. The molecule has 0 fully saturated rings. The Morgan fingerprint density at radius 3 is 2.80 bits per heavy atom. The summed E-state index contributed by atoms with van der Waals surface area (Å²) in [5.74, 6) is 0. The minimum Gasteiger partial charge on any atom is -0.313 e. The van der Waals surface area contributed by atoms with E-state index in [4.69, 9.17) is 0 Å². The molecule has 0 aliphatic carbocycles. The number of nitrogens with one attached hydrogen (secondary N) is 1. The first-order valence-corrected chi connectivity index (χ1v) is 3.28. The lowest BCUT2D eigenvalue weighted by Crippen LogP contribution is -2.12. The molecular formula is C7H11N3. The van der Waals surface area contributed by atoms with E-state index in [1.54, 1.807) is 12.4 Å². The number of aromatic nitrogens is 2. The summed E-state index contributed by atoms with van der Waals surface area (Å²) in [5, 5.41) is 10.6. The fourth-order valence-corrected chi connectivity index (χ4v) is 0.724. The van der Waals surface area contributed by atoms with Crippen LogP contribution in [0.25, 0.3) is 0 Å². The van der Waals surface area contributed by atoms with Gasteiger partial charge in [0.2, 0.25) is 0 Å². The maximum atomic E-state index is 3.76. The van der Waals surface area contributed by atoms with Gasteiger partial charge in [0.05, 0.1) is 6.20 Å². The van der Waals surface area contributed by atoms with Gasteiger partial charge in [-0.25, -0.2) is 0 Å². The highest BCUT2D eigenvalue weighted by Crippen LogP contribution is 2.06. The van der Waals surface area contributed by atoms with E-state index in [-0.39, 0.29) is 0 Å². The topological polar surface area (TPSA) is 37.8 Å². The molecule has 0 bridgehead atoms. The Morgan fingerprint density at radius 2 is 2.30 bits per heavy atom. The first kappa shape index (κ1) is 7.15. The van der Waals surface area contributed by atoms with E-state index in [2.05, 4.69) is 22.4 Å². The van der Waals surface area contributed by atoms with Gasteiger partial charge >= 0.3 is 0 Å². The van der Waals surface area contributed by atoms with Gasteiger partial charge in [-0.3, -0.25) is 0 Å². The van der Waals surface area contributed by atoms with Crippen LogP contribution in [0.2, 0.25) is 0 Å². The van der Waals surface area contributed by atoms with Gasteiger partial charge in [0.15, 0.2) is 0 Å². The highest BCUT2D eigenvalue weighted by molar-refractivity contribution is 5.09. The first-order chi connectivity index (χ1) is 4.84. The van der Waals surface area contributed by atoms with Gasteiger partial charge in [0.1, 0.15) is 0 Å². The van der Waals surface area contributed by atoms with Crippen molar-refractivity contribution in [1.29, 1.82) is 0 Å². The van der Waals surface area contributed by atoms with Gasteiger partial charge in [-0.2, -0.15) is 10.2 Å². The van der Waals surface area contributed by atoms with E-state index in [9.17, 15) is 0 Å². The van der Waals surface area contributed by atoms with Gasteiger partial charge < -0.3 is 5.32 Å². The van der Waals surface area contributed by atoms with E-state index < -0.39 is 0 Å². The van der Waals surface area contributed by atoms with Gasteiger partial charge in [-0.15, -0.1) is 0 Å². The van der Waals surface area contributed by atoms with Crippen LogP contribution in [-0.4, -0.2) is 17.2 Å². The van der Waals surface area contributed by atoms with Crippen LogP contribution in [0.5, 0.6) is 0 Å². The Morgan fingerprint density at radius 1 is 1.50 bits per heavy atom. The SMILES string of the molecule is CNC(C)c1ccnnc1. The summed E-state index contributed by atoms with van der Waals surface area (Å²) in [6.07, 6.45) is 3.46. The predicted octanol–water partition coefficient (Wildman–Crippen LogP) is 0.757. The smallest absolute Gasteiger partial charge is 0.0543 e. The molecule has 0 aliphatic rings. The normalized spacial score (nSPS) is 13.0. The summed E-state index contributed by atoms with van der Waals surface area (Å²) in [6.45, 7) is 2.08. The zero-order valence-corrected chi connectivity index (χ0v) is 6.20. The summed E-state index contributed by atoms with van der Waals surface area (Å²) in [5.41, 5.74) is 1.16. The van der Waals surface area contributed by atoms with Gasteiger partial charge in [-0.1, -0.05) is 0 Å². The maximum Gasteiger partial charge on any atom is 0.0543 e. The van der Waals surface area contributed by atoms with Crippen molar-refractivity contribution >= 4 is 0 Å². The summed E-state index contributed by atoms with van der Waals surface area (Å²) in [4.78, 5) is 0. The van der Waals surface area contributed by atoms with Crippen molar-refractivity contribution in [3.63, 3.8) is 0 Å². The lowest BCUT2D eigenvalue weighted by atomic mass is 10.2. The Labute approximate surface area is 60.5 Å². The number of hydrogen-bond acceptors (Lipinski definition) is 3. The molecule has 0 radical (unpaired) electrons. The van der Waals surface area contributed by atoms with E-state index in [1.807, 2.05) is 13.1 Å². The molecule has 1 rings (SSSR count). The fraction of sp³-hybridized carbons (Fsp3) is 0.429. The molecule has 0 saturated heterocycles. The lowest BCUT2D eigenvalue weighted by Gasteiger charge is -2.07. The summed E-state index contributed by atoms with van der Waals surface area (Å²) in [6, 6.07) is 2.31. The minimum absolute atomic E-state index is 0.357. The molecule has 0 amide bonds. The van der Waals surface area contributed by atoms with Crippen molar-refractivity contribution < 1.29 is 0 Å². The third-order valence-electron chi connectivity index (χ3n) is 1.54. The standard InChI is InChI=1S/C7H11N3/c1-6(8-2)7-3-4-9-10-5-7/h3-6,8H,1-2H3. The van der Waals surface area contributed by atoms with E-state index in [0.717, 1.165) is 5.56 Å². The van der Waals surface area contributed by atoms with Crippen LogP contribution in [0.15, 0.2) is 18.5 Å². The Bertz CT molecular complexity index is 185. The second-order valence-electron chi connectivity index (χ2n) is 2.19. The van der Waals surface area contributed by atoms with Gasteiger partial charge in [-0.05, 0) is 25.6 Å². The maximum absolute atomic E-state index is 3.76. The summed E-state index contributed by atoms with van der Waals surface area (Å²) < 4.78 is 0. The molecule has 1 atom stereocenters. The molecular weight excluding hydrogens is 126 g/mol. The zero-order chi connectivity index (χ0) is 7.40. The third-order valence-corrected chi connectivity index (χ3v) is 1.54. The van der Waals surface area contributed by atoms with Crippen molar-refractivity contribution in [2.75, 3.05) is 7.05 Å². The molecule has 3 nitrogen and oxygen atoms in total. The molecule has 0 aliphatic heterocycles. The third kappa shape index (κ3) is 1.51. The predicted molar refractivity (Wildman–Crippen MR) is 39.5 cm³/mol. The number of rotatable bonds is 2. The Kier molecular flexibility index (Phi) is 2.34. The number of nitrogens with zero attached hydrogens (tertiary/aromatic N) is 2. The van der Waals surface area contributed by atoms with E-state index in [0.29, 0.717) is 6.04 Å². The van der Waals surface area contributed by atoms with Gasteiger partial charge in [0.25, 0.3) is 0 Å². The number of hydrogen-bond donors (Lipinski definition) is 1. The molecule has 54 valence electrons. The largest absolute Gasteiger partial charge is 0.313 e. The molecule has 1 aromatic rings. The molecule has 3 heteroatoms. The molecule has 1 N–H and O–H groups in total. The minimum atomic E-state index is 0.357. The molecule has 1 heterocycles. The second-order valence-corrected chi connectivity index (χ2v) is 2.19. The van der Waals surface area contributed by atoms with Crippen LogP contribution in [0.3, 0.4) is 0 Å². The quantitative estimate of drug-likeness (QED) is 0.653. The Balaban J connectivity index is 2.75. The van der Waals surface area contributed by atoms with Gasteiger partial charge in [0, 0.05) is 12.2 Å². The lowest BCUT2D eigenvalue weighted by molar-refractivity contribution is 0.646. The molecule has 0 aromatic carbocycles. The second kappa shape index (κ2) is 3.27.